The molecule has 1 atom stereocenters. The van der Waals surface area contributed by atoms with Gasteiger partial charge in [-0.05, 0) is 57.5 Å². The summed E-state index contributed by atoms with van der Waals surface area (Å²) >= 11 is 0. The summed E-state index contributed by atoms with van der Waals surface area (Å²) in [6.07, 6.45) is 1.06. The van der Waals surface area contributed by atoms with E-state index in [-0.39, 0.29) is 0 Å². The molecule has 0 saturated heterocycles. The lowest BCUT2D eigenvalue weighted by molar-refractivity contribution is 0.239. The summed E-state index contributed by atoms with van der Waals surface area (Å²) in [5.41, 5.74) is 9.81. The minimum atomic E-state index is 0.545. The average Bonchev–Trinajstić information content (AvgIpc) is 2.23. The van der Waals surface area contributed by atoms with Crippen molar-refractivity contribution in [2.24, 2.45) is 5.73 Å². The minimum Gasteiger partial charge on any atom is -0.330 e. The maximum absolute atomic E-state index is 5.59. The van der Waals surface area contributed by atoms with Gasteiger partial charge in [0.2, 0.25) is 0 Å². The number of rotatable bonds is 5. The van der Waals surface area contributed by atoms with Gasteiger partial charge in [-0.15, -0.1) is 0 Å². The first-order valence-corrected chi connectivity index (χ1v) is 6.01. The van der Waals surface area contributed by atoms with E-state index in [2.05, 4.69) is 50.9 Å². The molecule has 0 spiro atoms. The Morgan fingerprint density at radius 3 is 2.31 bits per heavy atom. The zero-order valence-corrected chi connectivity index (χ0v) is 11.0. The molecule has 0 saturated carbocycles. The van der Waals surface area contributed by atoms with Gasteiger partial charge in [-0.25, -0.2) is 0 Å². The second-order valence-electron chi connectivity index (χ2n) is 4.71. The van der Waals surface area contributed by atoms with E-state index in [1.807, 2.05) is 0 Å². The van der Waals surface area contributed by atoms with Gasteiger partial charge < -0.3 is 5.73 Å². The summed E-state index contributed by atoms with van der Waals surface area (Å²) in [5, 5.41) is 0. The monoisotopic (exact) mass is 220 g/mol. The van der Waals surface area contributed by atoms with E-state index in [1.165, 1.54) is 16.7 Å². The molecule has 90 valence electrons. The van der Waals surface area contributed by atoms with Crippen LogP contribution in [0.1, 0.15) is 30.0 Å². The fraction of sp³-hybridized carbons (Fsp3) is 0.571. The lowest BCUT2D eigenvalue weighted by Crippen LogP contribution is -2.31. The van der Waals surface area contributed by atoms with Crippen LogP contribution in [0.25, 0.3) is 0 Å². The van der Waals surface area contributed by atoms with Crippen LogP contribution < -0.4 is 5.73 Å². The molecule has 0 heterocycles. The van der Waals surface area contributed by atoms with Gasteiger partial charge in [0, 0.05) is 12.6 Å². The van der Waals surface area contributed by atoms with Crippen molar-refractivity contribution in [1.29, 1.82) is 0 Å². The zero-order chi connectivity index (χ0) is 12.1. The van der Waals surface area contributed by atoms with Crippen LogP contribution in [0.2, 0.25) is 0 Å². The molecule has 0 bridgehead atoms. The van der Waals surface area contributed by atoms with Crippen molar-refractivity contribution in [3.63, 3.8) is 0 Å². The lowest BCUT2D eigenvalue weighted by atomic mass is 10.0. The van der Waals surface area contributed by atoms with E-state index in [0.717, 1.165) is 19.5 Å². The van der Waals surface area contributed by atoms with Gasteiger partial charge in [0.25, 0.3) is 0 Å². The SMILES string of the molecule is Cc1cccc(C)c1CN(C)C(C)CCN. The van der Waals surface area contributed by atoms with Crippen LogP contribution in [0.15, 0.2) is 18.2 Å². The lowest BCUT2D eigenvalue weighted by Gasteiger charge is -2.25. The molecule has 2 N–H and O–H groups in total. The molecule has 1 aromatic rings. The average molecular weight is 220 g/mol. The third-order valence-corrected chi connectivity index (χ3v) is 3.39. The van der Waals surface area contributed by atoms with Crippen LogP contribution in [0.5, 0.6) is 0 Å². The summed E-state index contributed by atoms with van der Waals surface area (Å²) in [5.74, 6) is 0. The van der Waals surface area contributed by atoms with Crippen molar-refractivity contribution >= 4 is 0 Å². The van der Waals surface area contributed by atoms with E-state index >= 15 is 0 Å². The molecule has 16 heavy (non-hydrogen) atoms. The third-order valence-electron chi connectivity index (χ3n) is 3.39. The molecule has 0 aromatic heterocycles. The Bertz CT molecular complexity index is 313. The Kier molecular flexibility index (Phi) is 4.97. The Morgan fingerprint density at radius 2 is 1.81 bits per heavy atom. The predicted molar refractivity (Wildman–Crippen MR) is 70.5 cm³/mol. The molecule has 0 aliphatic carbocycles. The molecule has 0 fully saturated rings. The zero-order valence-electron chi connectivity index (χ0n) is 11.0. The van der Waals surface area contributed by atoms with Crippen LogP contribution in [0.3, 0.4) is 0 Å². The minimum absolute atomic E-state index is 0.545. The number of hydrogen-bond donors (Lipinski definition) is 1. The summed E-state index contributed by atoms with van der Waals surface area (Å²) < 4.78 is 0. The van der Waals surface area contributed by atoms with E-state index in [1.54, 1.807) is 0 Å². The Hall–Kier alpha value is -0.860. The smallest absolute Gasteiger partial charge is 0.0238 e. The number of nitrogens with zero attached hydrogens (tertiary/aromatic N) is 1. The highest BCUT2D eigenvalue weighted by atomic mass is 15.1. The standard InChI is InChI=1S/C14H24N2/c1-11-6-5-7-12(2)14(11)10-16(4)13(3)8-9-15/h5-7,13H,8-10,15H2,1-4H3. The maximum Gasteiger partial charge on any atom is 0.0238 e. The molecule has 2 heteroatoms. The third kappa shape index (κ3) is 3.32. The molecular weight excluding hydrogens is 196 g/mol. The van der Waals surface area contributed by atoms with E-state index < -0.39 is 0 Å². The summed E-state index contributed by atoms with van der Waals surface area (Å²) in [6.45, 7) is 8.38. The molecule has 0 amide bonds. The normalized spacial score (nSPS) is 13.1. The topological polar surface area (TPSA) is 29.3 Å². The molecule has 0 aliphatic rings. The summed E-state index contributed by atoms with van der Waals surface area (Å²) in [4.78, 5) is 2.38. The fourth-order valence-corrected chi connectivity index (χ4v) is 1.97. The van der Waals surface area contributed by atoms with Crippen LogP contribution >= 0.6 is 0 Å². The van der Waals surface area contributed by atoms with E-state index in [4.69, 9.17) is 5.73 Å². The van der Waals surface area contributed by atoms with Gasteiger partial charge in [-0.2, -0.15) is 0 Å². The number of hydrogen-bond acceptors (Lipinski definition) is 2. The van der Waals surface area contributed by atoms with Crippen molar-refractivity contribution in [2.75, 3.05) is 13.6 Å². The van der Waals surface area contributed by atoms with Crippen molar-refractivity contribution in [1.82, 2.24) is 4.90 Å². The van der Waals surface area contributed by atoms with Gasteiger partial charge in [-0.1, -0.05) is 18.2 Å². The molecule has 0 radical (unpaired) electrons. The van der Waals surface area contributed by atoms with Crippen molar-refractivity contribution < 1.29 is 0 Å². The van der Waals surface area contributed by atoms with Gasteiger partial charge in [0.15, 0.2) is 0 Å². The van der Waals surface area contributed by atoms with Crippen LogP contribution in [0, 0.1) is 13.8 Å². The van der Waals surface area contributed by atoms with Crippen LogP contribution in [0.4, 0.5) is 0 Å². The highest BCUT2D eigenvalue weighted by molar-refractivity contribution is 5.33. The highest BCUT2D eigenvalue weighted by Gasteiger charge is 2.11. The summed E-state index contributed by atoms with van der Waals surface area (Å²) in [6, 6.07) is 7.04. The number of benzene rings is 1. The fourth-order valence-electron chi connectivity index (χ4n) is 1.97. The molecular formula is C14H24N2. The quantitative estimate of drug-likeness (QED) is 0.826. The summed E-state index contributed by atoms with van der Waals surface area (Å²) in [7, 11) is 2.17. The Labute approximate surface area is 99.5 Å². The maximum atomic E-state index is 5.59. The largest absolute Gasteiger partial charge is 0.330 e. The van der Waals surface area contributed by atoms with Gasteiger partial charge in [0.05, 0.1) is 0 Å². The van der Waals surface area contributed by atoms with Gasteiger partial charge >= 0.3 is 0 Å². The number of nitrogens with two attached hydrogens (primary N) is 1. The van der Waals surface area contributed by atoms with Crippen LogP contribution in [-0.4, -0.2) is 24.5 Å². The van der Waals surface area contributed by atoms with Gasteiger partial charge in [-0.3, -0.25) is 4.90 Å². The van der Waals surface area contributed by atoms with E-state index in [0.29, 0.717) is 6.04 Å². The highest BCUT2D eigenvalue weighted by Crippen LogP contribution is 2.16. The molecule has 1 rings (SSSR count). The van der Waals surface area contributed by atoms with E-state index in [9.17, 15) is 0 Å². The number of aryl methyl sites for hydroxylation is 2. The first-order valence-electron chi connectivity index (χ1n) is 6.01. The van der Waals surface area contributed by atoms with Crippen molar-refractivity contribution in [3.05, 3.63) is 34.9 Å². The predicted octanol–water partition coefficient (Wildman–Crippen LogP) is 2.47. The van der Waals surface area contributed by atoms with Crippen molar-refractivity contribution in [2.45, 2.75) is 39.8 Å². The van der Waals surface area contributed by atoms with Crippen LogP contribution in [-0.2, 0) is 6.54 Å². The molecule has 2 nitrogen and oxygen atoms in total. The van der Waals surface area contributed by atoms with Gasteiger partial charge in [0.1, 0.15) is 0 Å². The first-order chi connectivity index (χ1) is 7.56. The molecule has 1 aromatic carbocycles. The van der Waals surface area contributed by atoms with Crippen molar-refractivity contribution in [3.8, 4) is 0 Å². The second kappa shape index (κ2) is 6.02. The Morgan fingerprint density at radius 1 is 1.25 bits per heavy atom. The second-order valence-corrected chi connectivity index (χ2v) is 4.71. The first kappa shape index (κ1) is 13.2. The Balaban J connectivity index is 2.72. The molecule has 1 unspecified atom stereocenters. The molecule has 0 aliphatic heterocycles.